The summed E-state index contributed by atoms with van der Waals surface area (Å²) in [6.45, 7) is 4.55. The zero-order valence-corrected chi connectivity index (χ0v) is 24.0. The van der Waals surface area contributed by atoms with Crippen molar-refractivity contribution in [2.45, 2.75) is 104 Å². The quantitative estimate of drug-likeness (QED) is 0.281. The number of nitrogens with zero attached hydrogens (tertiary/aromatic N) is 2. The molecule has 0 aromatic heterocycles. The van der Waals surface area contributed by atoms with Crippen molar-refractivity contribution in [1.29, 1.82) is 0 Å². The Morgan fingerprint density at radius 1 is 0.725 bits per heavy atom. The molecular weight excluding hydrogens is 516 g/mol. The molecule has 4 atom stereocenters. The fraction of sp³-hybridized carbons (Fsp3) is 0.786. The van der Waals surface area contributed by atoms with Crippen molar-refractivity contribution in [3.8, 4) is 0 Å². The molecule has 4 fully saturated rings. The average molecular weight is 563 g/mol. The van der Waals surface area contributed by atoms with Crippen LogP contribution in [0.2, 0.25) is 0 Å². The number of nitrogens with two attached hydrogens (primary N) is 2. The Balaban J connectivity index is 0.000000220. The Bertz CT molecular complexity index is 922. The number of primary amides is 2. The monoisotopic (exact) mass is 562 g/mol. The molecule has 0 saturated heterocycles. The summed E-state index contributed by atoms with van der Waals surface area (Å²) in [5.41, 5.74) is 15.8. The molecule has 0 aromatic carbocycles. The van der Waals surface area contributed by atoms with E-state index in [1.807, 2.05) is 13.8 Å². The molecule has 40 heavy (non-hydrogen) atoms. The Morgan fingerprint density at radius 2 is 1.12 bits per heavy atom. The predicted molar refractivity (Wildman–Crippen MR) is 150 cm³/mol. The van der Waals surface area contributed by atoms with E-state index in [1.54, 1.807) is 0 Å². The summed E-state index contributed by atoms with van der Waals surface area (Å²) >= 11 is 0. The Hall–Kier alpha value is -3.18. The van der Waals surface area contributed by atoms with Crippen LogP contribution in [-0.2, 0) is 19.1 Å². The van der Waals surface area contributed by atoms with Gasteiger partial charge in [-0.15, -0.1) is 0 Å². The van der Waals surface area contributed by atoms with Gasteiger partial charge >= 0.3 is 24.0 Å². The highest BCUT2D eigenvalue weighted by atomic mass is 16.5. The van der Waals surface area contributed by atoms with Crippen molar-refractivity contribution in [3.05, 3.63) is 0 Å². The lowest BCUT2D eigenvalue weighted by atomic mass is 9.59. The van der Waals surface area contributed by atoms with Crippen LogP contribution in [0.4, 0.5) is 9.59 Å². The average Bonchev–Trinajstić information content (AvgIpc) is 2.95. The van der Waals surface area contributed by atoms with Gasteiger partial charge in [-0.3, -0.25) is 9.59 Å². The van der Waals surface area contributed by atoms with E-state index in [0.717, 1.165) is 101 Å². The molecule has 0 heterocycles. The summed E-state index contributed by atoms with van der Waals surface area (Å²) < 4.78 is 10.6. The van der Waals surface area contributed by atoms with Crippen LogP contribution in [-0.4, -0.2) is 48.6 Å². The molecule has 6 N–H and O–H groups in total. The van der Waals surface area contributed by atoms with Gasteiger partial charge in [0.05, 0.1) is 24.0 Å². The summed E-state index contributed by atoms with van der Waals surface area (Å²) in [7, 11) is 0. The number of ether oxygens (including phenoxy) is 2. The second kappa shape index (κ2) is 14.5. The molecule has 4 saturated carbocycles. The van der Waals surface area contributed by atoms with E-state index in [0.29, 0.717) is 13.2 Å². The van der Waals surface area contributed by atoms with E-state index in [4.69, 9.17) is 20.9 Å². The van der Waals surface area contributed by atoms with Gasteiger partial charge in [-0.25, -0.2) is 20.4 Å². The van der Waals surface area contributed by atoms with E-state index >= 15 is 0 Å². The van der Waals surface area contributed by atoms with Gasteiger partial charge in [-0.05, 0) is 89.9 Å². The molecule has 224 valence electrons. The molecule has 4 rings (SSSR count). The molecule has 4 aliphatic carbocycles. The van der Waals surface area contributed by atoms with Crippen molar-refractivity contribution < 1.29 is 28.7 Å². The lowest BCUT2D eigenvalue weighted by molar-refractivity contribution is -0.163. The van der Waals surface area contributed by atoms with E-state index in [1.165, 1.54) is 0 Å². The van der Waals surface area contributed by atoms with E-state index in [9.17, 15) is 19.2 Å². The van der Waals surface area contributed by atoms with Gasteiger partial charge in [-0.2, -0.15) is 10.2 Å². The maximum Gasteiger partial charge on any atom is 0.332 e. The van der Waals surface area contributed by atoms with Gasteiger partial charge in [-0.1, -0.05) is 25.7 Å². The van der Waals surface area contributed by atoms with Crippen molar-refractivity contribution in [2.24, 2.45) is 44.3 Å². The third-order valence-electron chi connectivity index (χ3n) is 9.11. The molecule has 4 amide bonds. The highest BCUT2D eigenvalue weighted by Gasteiger charge is 2.51. The third kappa shape index (κ3) is 7.51. The summed E-state index contributed by atoms with van der Waals surface area (Å²) in [4.78, 5) is 46.2. The number of amides is 4. The Labute approximate surface area is 236 Å². The molecule has 0 aliphatic heterocycles. The number of carbonyl (C=O) groups is 4. The largest absolute Gasteiger partial charge is 0.466 e. The van der Waals surface area contributed by atoms with Gasteiger partial charge in [0.15, 0.2) is 0 Å². The van der Waals surface area contributed by atoms with Crippen LogP contribution in [0.3, 0.4) is 0 Å². The minimum atomic E-state index is -0.650. The first-order chi connectivity index (χ1) is 19.2. The molecular formula is C28H46N6O6. The fourth-order valence-corrected chi connectivity index (χ4v) is 7.15. The van der Waals surface area contributed by atoms with Gasteiger partial charge < -0.3 is 20.9 Å². The van der Waals surface area contributed by atoms with E-state index in [-0.39, 0.29) is 34.6 Å². The summed E-state index contributed by atoms with van der Waals surface area (Å²) in [6.07, 6.45) is 12.8. The SMILES string of the molecule is CCOC(=O)C12CCCCC1C/C(=N/NC(N)=O)CC2.CCOC(=O)C12CCCCC1C/C(=N/NC(N)=O)CC2. The standard InChI is InChI=1S/2C14H23N3O3/c2*1-2-20-12(18)14-7-4-3-5-10(14)9-11(6-8-14)16-17-13(15)19/h2*10H,2-9H2,1H3,(H3,15,17,19)/b2*16-11+. The summed E-state index contributed by atoms with van der Waals surface area (Å²) in [5, 5.41) is 8.10. The topological polar surface area (TPSA) is 188 Å². The molecule has 0 spiro atoms. The minimum absolute atomic E-state index is 0.0494. The molecule has 4 aliphatic rings. The third-order valence-corrected chi connectivity index (χ3v) is 9.11. The number of urea groups is 2. The molecule has 12 nitrogen and oxygen atoms in total. The van der Waals surface area contributed by atoms with Crippen molar-refractivity contribution in [2.75, 3.05) is 13.2 Å². The first kappa shape index (κ1) is 31.3. The highest BCUT2D eigenvalue weighted by molar-refractivity contribution is 5.90. The van der Waals surface area contributed by atoms with Gasteiger partial charge in [0.2, 0.25) is 0 Å². The van der Waals surface area contributed by atoms with Crippen LogP contribution in [0.1, 0.15) is 104 Å². The fourth-order valence-electron chi connectivity index (χ4n) is 7.15. The predicted octanol–water partition coefficient (Wildman–Crippen LogP) is 3.87. The minimum Gasteiger partial charge on any atom is -0.466 e. The molecule has 0 bridgehead atoms. The normalized spacial score (nSPS) is 31.4. The van der Waals surface area contributed by atoms with Crippen LogP contribution in [0.25, 0.3) is 0 Å². The smallest absolute Gasteiger partial charge is 0.332 e. The van der Waals surface area contributed by atoms with Gasteiger partial charge in [0, 0.05) is 11.4 Å². The van der Waals surface area contributed by atoms with Crippen LogP contribution >= 0.6 is 0 Å². The second-order valence-corrected chi connectivity index (χ2v) is 11.4. The van der Waals surface area contributed by atoms with Crippen molar-refractivity contribution in [1.82, 2.24) is 10.9 Å². The number of hydrazone groups is 2. The maximum absolute atomic E-state index is 12.4. The second-order valence-electron chi connectivity index (χ2n) is 11.4. The van der Waals surface area contributed by atoms with Crippen LogP contribution in [0.15, 0.2) is 10.2 Å². The Morgan fingerprint density at radius 3 is 1.48 bits per heavy atom. The first-order valence-corrected chi connectivity index (χ1v) is 14.7. The number of hydrogen-bond acceptors (Lipinski definition) is 8. The maximum atomic E-state index is 12.4. The number of rotatable bonds is 6. The van der Waals surface area contributed by atoms with Crippen LogP contribution < -0.4 is 22.3 Å². The van der Waals surface area contributed by atoms with Crippen molar-refractivity contribution >= 4 is 35.4 Å². The number of nitrogens with one attached hydrogen (secondary N) is 2. The zero-order valence-electron chi connectivity index (χ0n) is 24.0. The Kier molecular flexibility index (Phi) is 11.3. The van der Waals surface area contributed by atoms with Crippen molar-refractivity contribution in [3.63, 3.8) is 0 Å². The lowest BCUT2D eigenvalue weighted by Crippen LogP contribution is -2.46. The molecule has 0 radical (unpaired) electrons. The molecule has 0 aromatic rings. The molecule has 12 heteroatoms. The first-order valence-electron chi connectivity index (χ1n) is 14.7. The number of esters is 2. The number of hydrogen-bond donors (Lipinski definition) is 4. The van der Waals surface area contributed by atoms with E-state index in [2.05, 4.69) is 21.1 Å². The highest BCUT2D eigenvalue weighted by Crippen LogP contribution is 2.51. The molecule has 4 unspecified atom stereocenters. The van der Waals surface area contributed by atoms with Crippen LogP contribution in [0, 0.1) is 22.7 Å². The number of fused-ring (bicyclic) bond motifs is 2. The van der Waals surface area contributed by atoms with Gasteiger partial charge in [0.25, 0.3) is 0 Å². The van der Waals surface area contributed by atoms with Crippen LogP contribution in [0.5, 0.6) is 0 Å². The number of carbonyl (C=O) groups excluding carboxylic acids is 4. The zero-order chi connectivity index (χ0) is 29.2. The lowest BCUT2D eigenvalue weighted by Gasteiger charge is -2.45. The van der Waals surface area contributed by atoms with Gasteiger partial charge in [0.1, 0.15) is 0 Å². The summed E-state index contributed by atoms with van der Waals surface area (Å²) in [6, 6.07) is -1.30. The van der Waals surface area contributed by atoms with E-state index < -0.39 is 12.1 Å². The summed E-state index contributed by atoms with van der Waals surface area (Å²) in [5.74, 6) is 0.452.